The fourth-order valence-corrected chi connectivity index (χ4v) is 2.70. The van der Waals surface area contributed by atoms with E-state index in [4.69, 9.17) is 14.6 Å². The van der Waals surface area contributed by atoms with E-state index in [0.29, 0.717) is 41.0 Å². The molecule has 8 nitrogen and oxygen atoms in total. The lowest BCUT2D eigenvalue weighted by Gasteiger charge is -2.14. The predicted molar refractivity (Wildman–Crippen MR) is 111 cm³/mol. The highest BCUT2D eigenvalue weighted by Gasteiger charge is 2.13. The average Bonchev–Trinajstić information content (AvgIpc) is 2.77. The van der Waals surface area contributed by atoms with Crippen molar-refractivity contribution < 1.29 is 19.4 Å². The molecule has 2 aromatic carbocycles. The van der Waals surface area contributed by atoms with Gasteiger partial charge in [0.2, 0.25) is 5.95 Å². The highest BCUT2D eigenvalue weighted by molar-refractivity contribution is 5.91. The number of esters is 1. The highest BCUT2D eigenvalue weighted by Crippen LogP contribution is 2.30. The van der Waals surface area contributed by atoms with Gasteiger partial charge < -0.3 is 25.2 Å². The summed E-state index contributed by atoms with van der Waals surface area (Å²) in [6, 6.07) is 16.4. The number of ether oxygens (including phenoxy) is 2. The monoisotopic (exact) mass is 394 g/mol. The largest absolute Gasteiger partial charge is 0.495 e. The van der Waals surface area contributed by atoms with Crippen molar-refractivity contribution in [1.82, 2.24) is 9.97 Å². The van der Waals surface area contributed by atoms with Crippen molar-refractivity contribution in [3.8, 4) is 17.0 Å². The molecule has 0 fully saturated rings. The van der Waals surface area contributed by atoms with E-state index in [9.17, 15) is 4.79 Å². The van der Waals surface area contributed by atoms with Gasteiger partial charge in [-0.25, -0.2) is 9.78 Å². The summed E-state index contributed by atoms with van der Waals surface area (Å²) in [5.41, 5.74) is 2.56. The second-order valence-corrected chi connectivity index (χ2v) is 6.01. The topological polar surface area (TPSA) is 106 Å². The van der Waals surface area contributed by atoms with Gasteiger partial charge in [0.15, 0.2) is 0 Å². The lowest BCUT2D eigenvalue weighted by atomic mass is 10.1. The molecule has 0 atom stereocenters. The molecule has 0 aliphatic rings. The minimum atomic E-state index is -0.450. The smallest absolute Gasteiger partial charge is 0.337 e. The van der Waals surface area contributed by atoms with Crippen molar-refractivity contribution >= 4 is 23.4 Å². The summed E-state index contributed by atoms with van der Waals surface area (Å²) in [6.45, 7) is 0.273. The van der Waals surface area contributed by atoms with Crippen molar-refractivity contribution in [2.45, 2.75) is 0 Å². The molecule has 0 amide bonds. The van der Waals surface area contributed by atoms with Crippen LogP contribution in [0.25, 0.3) is 11.3 Å². The van der Waals surface area contributed by atoms with E-state index < -0.39 is 5.97 Å². The summed E-state index contributed by atoms with van der Waals surface area (Å²) in [5.74, 6) is 0.960. The average molecular weight is 394 g/mol. The maximum atomic E-state index is 11.9. The molecule has 8 heteroatoms. The van der Waals surface area contributed by atoms with E-state index in [2.05, 4.69) is 20.6 Å². The molecule has 3 aromatic rings. The summed E-state index contributed by atoms with van der Waals surface area (Å²) in [4.78, 5) is 20.8. The Hall–Kier alpha value is -3.65. The number of methoxy groups -OCH3 is 2. The minimum absolute atomic E-state index is 0.0450. The number of nitrogens with zero attached hydrogens (tertiary/aromatic N) is 2. The van der Waals surface area contributed by atoms with E-state index in [1.165, 1.54) is 7.11 Å². The highest BCUT2D eigenvalue weighted by atomic mass is 16.5. The lowest BCUT2D eigenvalue weighted by molar-refractivity contribution is 0.0600. The van der Waals surface area contributed by atoms with Crippen LogP contribution in [0.5, 0.6) is 5.75 Å². The zero-order valence-corrected chi connectivity index (χ0v) is 16.2. The van der Waals surface area contributed by atoms with Crippen molar-refractivity contribution in [3.63, 3.8) is 0 Å². The maximum absolute atomic E-state index is 11.9. The van der Waals surface area contributed by atoms with E-state index in [1.807, 2.05) is 30.3 Å². The van der Waals surface area contributed by atoms with Gasteiger partial charge in [-0.1, -0.05) is 30.3 Å². The molecular weight excluding hydrogens is 372 g/mol. The molecule has 0 bridgehead atoms. The van der Waals surface area contributed by atoms with Crippen LogP contribution in [0.15, 0.2) is 54.6 Å². The lowest BCUT2D eigenvalue weighted by Crippen LogP contribution is -2.10. The predicted octanol–water partition coefficient (Wildman–Crippen LogP) is 3.09. The van der Waals surface area contributed by atoms with Crippen LogP contribution in [0, 0.1) is 0 Å². The first-order valence-electron chi connectivity index (χ1n) is 8.97. The molecular formula is C21H22N4O4. The van der Waals surface area contributed by atoms with Crippen LogP contribution in [0.2, 0.25) is 0 Å². The van der Waals surface area contributed by atoms with Crippen molar-refractivity contribution in [2.75, 3.05) is 38.0 Å². The molecule has 150 valence electrons. The number of aliphatic hydroxyl groups excluding tert-OH is 1. The number of benzene rings is 2. The number of carbonyl (C=O) groups is 1. The molecule has 0 unspecified atom stereocenters. The zero-order valence-electron chi connectivity index (χ0n) is 16.2. The van der Waals surface area contributed by atoms with Gasteiger partial charge in [-0.3, -0.25) is 0 Å². The quantitative estimate of drug-likeness (QED) is 0.501. The number of aromatic nitrogens is 2. The van der Waals surface area contributed by atoms with Gasteiger partial charge in [-0.05, 0) is 18.2 Å². The van der Waals surface area contributed by atoms with Crippen LogP contribution >= 0.6 is 0 Å². The molecule has 3 N–H and O–H groups in total. The number of carbonyl (C=O) groups excluding carboxylic acids is 1. The second kappa shape index (κ2) is 9.52. The number of hydrogen-bond donors (Lipinski definition) is 3. The number of nitrogens with one attached hydrogen (secondary N) is 2. The summed E-state index contributed by atoms with van der Waals surface area (Å²) < 4.78 is 10.2. The summed E-state index contributed by atoms with van der Waals surface area (Å²) >= 11 is 0. The summed E-state index contributed by atoms with van der Waals surface area (Å²) in [7, 11) is 2.87. The maximum Gasteiger partial charge on any atom is 0.337 e. The summed E-state index contributed by atoms with van der Waals surface area (Å²) in [6.07, 6.45) is 0. The number of hydrogen-bond acceptors (Lipinski definition) is 8. The second-order valence-electron chi connectivity index (χ2n) is 6.01. The Bertz CT molecular complexity index is 980. The Morgan fingerprint density at radius 2 is 1.86 bits per heavy atom. The third kappa shape index (κ3) is 4.99. The third-order valence-corrected chi connectivity index (χ3v) is 4.07. The molecule has 3 rings (SSSR count). The van der Waals surface area contributed by atoms with Crippen LogP contribution in [0.3, 0.4) is 0 Å². The number of aliphatic hydroxyl groups is 1. The number of rotatable bonds is 8. The summed E-state index contributed by atoms with van der Waals surface area (Å²) in [5, 5.41) is 15.3. The Labute approximate surface area is 168 Å². The standard InChI is InChI=1S/C21H22N4O4/c1-28-18-9-8-15(20(27)29-2)12-17(18)23-19-13-16(14-6-4-3-5-7-14)24-21(25-19)22-10-11-26/h3-9,12-13,26H,10-11H2,1-2H3,(H2,22,23,24,25). The fourth-order valence-electron chi connectivity index (χ4n) is 2.70. The van der Waals surface area contributed by atoms with Gasteiger partial charge in [-0.2, -0.15) is 4.98 Å². The Morgan fingerprint density at radius 1 is 1.07 bits per heavy atom. The van der Waals surface area contributed by atoms with E-state index in [-0.39, 0.29) is 6.61 Å². The first-order chi connectivity index (χ1) is 14.1. The molecule has 0 radical (unpaired) electrons. The first kappa shape index (κ1) is 20.1. The van der Waals surface area contributed by atoms with Crippen LogP contribution in [-0.2, 0) is 4.74 Å². The van der Waals surface area contributed by atoms with E-state index in [1.54, 1.807) is 31.4 Å². The molecule has 0 aliphatic heterocycles. The van der Waals surface area contributed by atoms with Gasteiger partial charge in [0.25, 0.3) is 0 Å². The van der Waals surface area contributed by atoms with Crippen LogP contribution in [0.4, 0.5) is 17.5 Å². The normalized spacial score (nSPS) is 10.3. The van der Waals surface area contributed by atoms with Crippen LogP contribution in [0.1, 0.15) is 10.4 Å². The third-order valence-electron chi connectivity index (χ3n) is 4.07. The Kier molecular flexibility index (Phi) is 6.59. The molecule has 29 heavy (non-hydrogen) atoms. The van der Waals surface area contributed by atoms with Crippen molar-refractivity contribution in [1.29, 1.82) is 0 Å². The Morgan fingerprint density at radius 3 is 2.55 bits per heavy atom. The minimum Gasteiger partial charge on any atom is -0.495 e. The van der Waals surface area contributed by atoms with Gasteiger partial charge in [0, 0.05) is 18.2 Å². The first-order valence-corrected chi connectivity index (χ1v) is 8.97. The van der Waals surface area contributed by atoms with Crippen molar-refractivity contribution in [2.24, 2.45) is 0 Å². The van der Waals surface area contributed by atoms with Crippen LogP contribution < -0.4 is 15.4 Å². The van der Waals surface area contributed by atoms with Gasteiger partial charge in [-0.15, -0.1) is 0 Å². The molecule has 0 saturated carbocycles. The van der Waals surface area contributed by atoms with Crippen molar-refractivity contribution in [3.05, 3.63) is 60.2 Å². The number of anilines is 3. The fraction of sp³-hybridized carbons (Fsp3) is 0.190. The van der Waals surface area contributed by atoms with Gasteiger partial charge in [0.05, 0.1) is 37.8 Å². The molecule has 1 heterocycles. The zero-order chi connectivity index (χ0) is 20.6. The molecule has 0 spiro atoms. The van der Waals surface area contributed by atoms with E-state index in [0.717, 1.165) is 5.56 Å². The van der Waals surface area contributed by atoms with Crippen LogP contribution in [-0.4, -0.2) is 48.4 Å². The Balaban J connectivity index is 2.00. The SMILES string of the molecule is COC(=O)c1ccc(OC)c(Nc2cc(-c3ccccc3)nc(NCCO)n2)c1. The van der Waals surface area contributed by atoms with E-state index >= 15 is 0 Å². The van der Waals surface area contributed by atoms with Gasteiger partial charge in [0.1, 0.15) is 11.6 Å². The molecule has 1 aromatic heterocycles. The van der Waals surface area contributed by atoms with Gasteiger partial charge >= 0.3 is 5.97 Å². The molecule has 0 aliphatic carbocycles. The molecule has 0 saturated heterocycles.